The minimum Gasteiger partial charge on any atom is -0.320 e. The summed E-state index contributed by atoms with van der Waals surface area (Å²) < 4.78 is 0. The molecule has 0 spiro atoms. The van der Waals surface area contributed by atoms with Gasteiger partial charge in [0.15, 0.2) is 0 Å². The van der Waals surface area contributed by atoms with E-state index in [1.54, 1.807) is 0 Å². The fourth-order valence-corrected chi connectivity index (χ4v) is 0. The van der Waals surface area contributed by atoms with E-state index in [2.05, 4.69) is 5.90 Å². The molecule has 0 aromatic heterocycles. The van der Waals surface area contributed by atoms with Crippen molar-refractivity contribution in [3.63, 3.8) is 0 Å². The van der Waals surface area contributed by atoms with E-state index < -0.39 is 0 Å². The zero-order valence-corrected chi connectivity index (χ0v) is 7.48. The molecular formula is C37H154NNoOPV. The summed E-state index contributed by atoms with van der Waals surface area (Å²) >= 11 is 0. The molecule has 42 heavy (non-hydrogen) atoms. The Labute approximate surface area is 313 Å². The molecule has 2 nitrogen and oxygen atoms in total. The van der Waals surface area contributed by atoms with E-state index in [1.807, 2.05) is 0 Å². The van der Waals surface area contributed by atoms with Gasteiger partial charge in [0.05, 0.1) is 0 Å². The van der Waals surface area contributed by atoms with E-state index in [1.165, 1.54) is 0 Å². The van der Waals surface area contributed by atoms with Gasteiger partial charge in [0.2, 0.25) is 0 Å². The molecule has 0 aliphatic carbocycles. The first-order valence-corrected chi connectivity index (χ1v) is 0.258. The van der Waals surface area contributed by atoms with Crippen LogP contribution in [-0.2, 0) is 18.6 Å². The Morgan fingerprint density at radius 3 is 0.167 bits per heavy atom. The molecule has 0 aromatic carbocycles. The summed E-state index contributed by atoms with van der Waals surface area (Å²) in [4.78, 5) is 0. The average molecular weight is 971 g/mol. The maximum absolute atomic E-state index is 6.50. The van der Waals surface area contributed by atoms with E-state index in [4.69, 9.17) is 5.21 Å². The maximum atomic E-state index is 6.50. The predicted octanol–water partition coefficient (Wildman–Crippen LogP) is 22.9. The SMILES string of the molecule is C.C.C.C.C.C.C.C.C.C.C.C.C.C.C.C.C.C.C.C.C.C.C.C.C.C.C.C.C.C.C.C.C.C.C.C.C.NO.P.[No].[V]. The molecule has 0 saturated carbocycles. The second kappa shape index (κ2) is 15200000. The van der Waals surface area contributed by atoms with Crippen LogP contribution in [0.2, 0.25) is 0 Å². The fourth-order valence-electron chi connectivity index (χ4n) is 0. The van der Waals surface area contributed by atoms with Gasteiger partial charge < -0.3 is 5.21 Å². The first-order valence-electron chi connectivity index (χ1n) is 0.258. The van der Waals surface area contributed by atoms with Gasteiger partial charge in [-0.1, -0.05) is 275 Å². The van der Waals surface area contributed by atoms with Gasteiger partial charge in [-0.15, -0.1) is 0 Å². The zero-order chi connectivity index (χ0) is 2.00. The van der Waals surface area contributed by atoms with Crippen LogP contribution in [0.5, 0.6) is 0 Å². The van der Waals surface area contributed by atoms with Gasteiger partial charge in [-0.3, -0.25) is 0 Å². The first kappa shape index (κ1) is 80500. The molecule has 0 aliphatic heterocycles. The van der Waals surface area contributed by atoms with Crippen molar-refractivity contribution in [1.82, 2.24) is 0 Å². The molecule has 0 saturated heterocycles. The molecule has 1 unspecified atom stereocenters. The Morgan fingerprint density at radius 1 is 0.167 bits per heavy atom. The molecule has 3 N–H and O–H groups in total. The van der Waals surface area contributed by atoms with Crippen molar-refractivity contribution in [2.45, 2.75) is 275 Å². The Hall–Kier alpha value is -0.0656. The second-order valence-electron chi connectivity index (χ2n) is 0. The largest absolute Gasteiger partial charge is 0.320 e. The Balaban J connectivity index is -0.00000000000641. The summed E-state index contributed by atoms with van der Waals surface area (Å²) in [5.41, 5.74) is 0. The van der Waals surface area contributed by atoms with Gasteiger partial charge in [-0.05, 0) is 0 Å². The van der Waals surface area contributed by atoms with E-state index >= 15 is 0 Å². The maximum Gasteiger partial charge on any atom is 0 e. The Bertz CT molecular complexity index is 33.7. The molecule has 0 fully saturated rings. The van der Waals surface area contributed by atoms with Gasteiger partial charge in [0.25, 0.3) is 0 Å². The standard InChI is InChI=1S/37CH4.H3NO.No.H3P.V/c;;;;;;;;;;;;;;;;;;;;;;;;;;;;;;;;;;;;;1-2;;;/h37*1H4;2H,1H2;;1H3;. The number of rotatable bonds is 0. The number of hydrogen-bond donors (Lipinski definition) is 2. The minimum atomic E-state index is 0. The van der Waals surface area contributed by atoms with Crippen LogP contribution in [0.4, 0.5) is 0 Å². The topological polar surface area (TPSA) is 46.2 Å². The van der Waals surface area contributed by atoms with Crippen molar-refractivity contribution in [1.29, 1.82) is 0 Å². The molecule has 0 aromatic rings. The summed E-state index contributed by atoms with van der Waals surface area (Å²) in [6.07, 6.45) is 0. The third-order valence-corrected chi connectivity index (χ3v) is 0. The molecule has 0 aliphatic rings. The second-order valence-corrected chi connectivity index (χ2v) is 0. The number of nitrogens with two attached hydrogens (primary N) is 1. The molecule has 337 valence electrons. The van der Waals surface area contributed by atoms with Gasteiger partial charge in [0.1, 0.15) is 0 Å². The predicted molar refractivity (Wildman–Crippen MR) is 266 cm³/mol. The van der Waals surface area contributed by atoms with Crippen LogP contribution in [0.3, 0.4) is 0 Å². The van der Waals surface area contributed by atoms with Crippen molar-refractivity contribution in [3.05, 3.63) is 0 Å². The number of hydrogen-bond acceptors (Lipinski definition) is 2. The zero-order valence-electron chi connectivity index (χ0n) is 2.45. The van der Waals surface area contributed by atoms with Gasteiger partial charge in [-0.2, -0.15) is 9.90 Å². The first-order chi connectivity index (χ1) is 1.00. The quantitative estimate of drug-likeness (QED) is 0.188. The Kier molecular flexibility index (Phi) is 29100000000. The van der Waals surface area contributed by atoms with Gasteiger partial charge >= 0.3 is 0 Å². The Morgan fingerprint density at radius 2 is 0.167 bits per heavy atom. The van der Waals surface area contributed by atoms with Crippen LogP contribution in [0, 0.1) is 0 Å². The van der Waals surface area contributed by atoms with Crippen molar-refractivity contribution >= 4 is 9.90 Å². The fraction of sp³-hybridized carbons (Fsp3) is 1.00. The summed E-state index contributed by atoms with van der Waals surface area (Å²) in [6, 6.07) is 0. The summed E-state index contributed by atoms with van der Waals surface area (Å²) in [5.74, 6) is 3.50. The monoisotopic (exact) mass is 970 g/mol. The third-order valence-electron chi connectivity index (χ3n) is 0. The molecular weight excluding hydrogens is 815 g/mol. The van der Waals surface area contributed by atoms with Crippen molar-refractivity contribution < 1.29 is 23.8 Å². The van der Waals surface area contributed by atoms with Gasteiger partial charge in [0, 0.05) is 18.6 Å². The molecule has 0 rings (SSSR count). The molecule has 0 amide bonds. The average Bonchev–Trinajstić information content (AvgIpc) is 1.00. The van der Waals surface area contributed by atoms with E-state index in [0.29, 0.717) is 0 Å². The van der Waals surface area contributed by atoms with E-state index in [-0.39, 0.29) is 303 Å². The molecule has 1 radical (unpaired) electrons. The molecule has 0 bridgehead atoms. The van der Waals surface area contributed by atoms with Crippen LogP contribution in [0.1, 0.15) is 275 Å². The van der Waals surface area contributed by atoms with Crippen molar-refractivity contribution in [2.75, 3.05) is 0 Å². The summed E-state index contributed by atoms with van der Waals surface area (Å²) in [6.45, 7) is 0. The van der Waals surface area contributed by atoms with Crippen LogP contribution in [-0.4, -0.2) is 5.21 Å². The minimum absolute atomic E-state index is 0. The van der Waals surface area contributed by atoms with Crippen molar-refractivity contribution in [3.8, 4) is 0 Å². The third kappa shape index (κ3) is 14100000. The van der Waals surface area contributed by atoms with Crippen LogP contribution in [0.15, 0.2) is 0 Å². The van der Waals surface area contributed by atoms with E-state index in [9.17, 15) is 0 Å². The normalized spacial score (nSPS) is 0.143. The van der Waals surface area contributed by atoms with Crippen molar-refractivity contribution in [2.24, 2.45) is 5.90 Å². The van der Waals surface area contributed by atoms with Crippen LogP contribution in [0.25, 0.3) is 0 Å². The smallest absolute Gasteiger partial charge is 0 e. The van der Waals surface area contributed by atoms with Gasteiger partial charge in [-0.25, -0.2) is 5.90 Å². The molecule has 0 heterocycles. The van der Waals surface area contributed by atoms with E-state index in [0.717, 1.165) is 0 Å². The summed E-state index contributed by atoms with van der Waals surface area (Å²) in [5, 5.41) is 6.50. The molecule has 1 atom stereocenters. The van der Waals surface area contributed by atoms with Crippen LogP contribution >= 0.6 is 9.90 Å². The molecule has 5 heteroatoms. The van der Waals surface area contributed by atoms with Crippen LogP contribution < -0.4 is 5.90 Å². The summed E-state index contributed by atoms with van der Waals surface area (Å²) in [7, 11) is 0.